The molecule has 1 aliphatic rings. The minimum absolute atomic E-state index is 0.130. The molecule has 7 rings (SSSR count). The molecule has 2 heterocycles. The Hall–Kier alpha value is -5.74. The van der Waals surface area contributed by atoms with E-state index in [0.717, 1.165) is 45.4 Å². The number of aliphatic hydroxyl groups excluding tert-OH is 1. The molecule has 1 aromatic heterocycles. The lowest BCUT2D eigenvalue weighted by molar-refractivity contribution is -0.142. The summed E-state index contributed by atoms with van der Waals surface area (Å²) in [7, 11) is 0. The fourth-order valence-electron chi connectivity index (χ4n) is 7.47. The number of aliphatic hydroxyl groups is 1. The van der Waals surface area contributed by atoms with E-state index in [-0.39, 0.29) is 12.2 Å². The van der Waals surface area contributed by atoms with Crippen LogP contribution in [0.25, 0.3) is 11.1 Å². The summed E-state index contributed by atoms with van der Waals surface area (Å²) in [6.45, 7) is 1.34. The Morgan fingerprint density at radius 3 is 1.69 bits per heavy atom. The molecule has 52 heavy (non-hydrogen) atoms. The van der Waals surface area contributed by atoms with Crippen molar-refractivity contribution in [2.75, 3.05) is 0 Å². The van der Waals surface area contributed by atoms with Crippen molar-refractivity contribution in [3.8, 4) is 11.1 Å². The van der Waals surface area contributed by atoms with Gasteiger partial charge in [0.25, 0.3) is 0 Å². The Bertz CT molecular complexity index is 2070. The van der Waals surface area contributed by atoms with Gasteiger partial charge in [-0.25, -0.2) is 4.98 Å². The standard InChI is InChI=1S/C42H37F3N6O/c1-2-3-23-38-46-39(42(43,44)45)37(29-52)51(38)28-30-24-26-31(27-25-30)35-21-13-14-22-36(35)41(47-49-50-48-41)40(32-15-7-4-8-16-32,33-17-9-5-10-18-33)34-19-11-6-12-20-34/h4-22,24-27,52H,2-3,23,28-29H2,1H3. The van der Waals surface area contributed by atoms with Crippen LogP contribution in [0.5, 0.6) is 0 Å². The highest BCUT2D eigenvalue weighted by Crippen LogP contribution is 2.58. The van der Waals surface area contributed by atoms with Gasteiger partial charge in [0, 0.05) is 18.5 Å². The third-order valence-corrected chi connectivity index (χ3v) is 9.79. The highest BCUT2D eigenvalue weighted by Gasteiger charge is 2.60. The minimum atomic E-state index is -4.67. The molecule has 0 fully saturated rings. The average Bonchev–Trinajstić information content (AvgIpc) is 3.82. The maximum Gasteiger partial charge on any atom is 0.435 e. The van der Waals surface area contributed by atoms with E-state index in [0.29, 0.717) is 18.7 Å². The second kappa shape index (κ2) is 14.5. The van der Waals surface area contributed by atoms with Crippen molar-refractivity contribution in [1.82, 2.24) is 9.55 Å². The molecule has 0 atom stereocenters. The summed E-state index contributed by atoms with van der Waals surface area (Å²) in [5.41, 5.74) is 2.46. The Morgan fingerprint density at radius 2 is 1.19 bits per heavy atom. The van der Waals surface area contributed by atoms with Crippen LogP contribution >= 0.6 is 0 Å². The lowest BCUT2D eigenvalue weighted by Crippen LogP contribution is -2.48. The molecule has 1 N–H and O–H groups in total. The highest BCUT2D eigenvalue weighted by atomic mass is 19.4. The Balaban J connectivity index is 1.38. The van der Waals surface area contributed by atoms with Crippen molar-refractivity contribution in [3.05, 3.63) is 185 Å². The minimum Gasteiger partial charge on any atom is -0.390 e. The van der Waals surface area contributed by atoms with Gasteiger partial charge in [0.1, 0.15) is 5.82 Å². The lowest BCUT2D eigenvalue weighted by Gasteiger charge is -2.45. The van der Waals surface area contributed by atoms with Crippen LogP contribution in [0.4, 0.5) is 13.2 Å². The molecule has 0 amide bonds. The second-order valence-electron chi connectivity index (χ2n) is 12.8. The van der Waals surface area contributed by atoms with Crippen LogP contribution in [0.1, 0.15) is 64.8 Å². The molecule has 0 saturated carbocycles. The first kappa shape index (κ1) is 34.7. The zero-order chi connectivity index (χ0) is 36.2. The van der Waals surface area contributed by atoms with Gasteiger partial charge in [0.05, 0.1) is 17.7 Å². The van der Waals surface area contributed by atoms with Crippen molar-refractivity contribution in [1.29, 1.82) is 0 Å². The molecular weight excluding hydrogens is 661 g/mol. The number of benzene rings is 5. The first-order chi connectivity index (χ1) is 25.3. The van der Waals surface area contributed by atoms with Gasteiger partial charge in [-0.3, -0.25) is 0 Å². The molecule has 0 bridgehead atoms. The zero-order valence-electron chi connectivity index (χ0n) is 28.6. The Kier molecular flexibility index (Phi) is 9.66. The van der Waals surface area contributed by atoms with Crippen LogP contribution < -0.4 is 0 Å². The normalized spacial score (nSPS) is 13.9. The van der Waals surface area contributed by atoms with E-state index in [1.165, 1.54) is 4.57 Å². The summed E-state index contributed by atoms with van der Waals surface area (Å²) in [5, 5.41) is 28.3. The third-order valence-electron chi connectivity index (χ3n) is 9.79. The molecular formula is C42H37F3N6O. The molecule has 6 aromatic rings. The van der Waals surface area contributed by atoms with Gasteiger partial charge in [0.15, 0.2) is 5.69 Å². The molecule has 0 saturated heterocycles. The monoisotopic (exact) mass is 698 g/mol. The maximum absolute atomic E-state index is 13.9. The number of alkyl halides is 3. The van der Waals surface area contributed by atoms with Gasteiger partial charge >= 0.3 is 6.18 Å². The summed E-state index contributed by atoms with van der Waals surface area (Å²) in [6.07, 6.45) is -2.81. The van der Waals surface area contributed by atoms with E-state index in [1.54, 1.807) is 0 Å². The fraction of sp³-hybridized carbons (Fsp3) is 0.214. The fourth-order valence-corrected chi connectivity index (χ4v) is 7.47. The van der Waals surface area contributed by atoms with Crippen LogP contribution in [0.15, 0.2) is 160 Å². The largest absolute Gasteiger partial charge is 0.435 e. The third kappa shape index (κ3) is 6.02. The average molecular weight is 699 g/mol. The molecule has 0 spiro atoms. The first-order valence-electron chi connectivity index (χ1n) is 17.3. The van der Waals surface area contributed by atoms with Crippen LogP contribution in [0.3, 0.4) is 0 Å². The first-order valence-corrected chi connectivity index (χ1v) is 17.3. The maximum atomic E-state index is 13.9. The zero-order valence-corrected chi connectivity index (χ0v) is 28.6. The molecule has 0 radical (unpaired) electrons. The number of aromatic nitrogens is 2. The van der Waals surface area contributed by atoms with Crippen molar-refractivity contribution in [2.24, 2.45) is 20.7 Å². The van der Waals surface area contributed by atoms with Crippen molar-refractivity contribution in [3.63, 3.8) is 0 Å². The number of rotatable bonds is 12. The van der Waals surface area contributed by atoms with Gasteiger partial charge in [-0.2, -0.15) is 13.2 Å². The highest BCUT2D eigenvalue weighted by molar-refractivity contribution is 5.72. The number of hydrogen-bond donors (Lipinski definition) is 1. The lowest BCUT2D eigenvalue weighted by atomic mass is 9.59. The number of nitrogens with zero attached hydrogens (tertiary/aromatic N) is 6. The van der Waals surface area contributed by atoms with Crippen molar-refractivity contribution < 1.29 is 18.3 Å². The van der Waals surface area contributed by atoms with Crippen LogP contribution in [0.2, 0.25) is 0 Å². The van der Waals surface area contributed by atoms with E-state index in [4.69, 9.17) is 10.2 Å². The van der Waals surface area contributed by atoms with Gasteiger partial charge in [0.2, 0.25) is 5.66 Å². The van der Waals surface area contributed by atoms with E-state index in [1.807, 2.05) is 110 Å². The molecule has 10 heteroatoms. The van der Waals surface area contributed by atoms with Gasteiger partial charge < -0.3 is 9.67 Å². The van der Waals surface area contributed by atoms with Gasteiger partial charge in [-0.15, -0.1) is 10.2 Å². The second-order valence-corrected chi connectivity index (χ2v) is 12.8. The summed E-state index contributed by atoms with van der Waals surface area (Å²) in [4.78, 5) is 3.95. The topological polar surface area (TPSA) is 87.5 Å². The van der Waals surface area contributed by atoms with E-state index >= 15 is 0 Å². The van der Waals surface area contributed by atoms with Crippen LogP contribution in [0, 0.1) is 0 Å². The summed E-state index contributed by atoms with van der Waals surface area (Å²) < 4.78 is 43.3. The Morgan fingerprint density at radius 1 is 0.673 bits per heavy atom. The molecule has 0 unspecified atom stereocenters. The van der Waals surface area contributed by atoms with Crippen LogP contribution in [-0.4, -0.2) is 14.7 Å². The molecule has 5 aromatic carbocycles. The van der Waals surface area contributed by atoms with E-state index in [2.05, 4.69) is 51.8 Å². The SMILES string of the molecule is CCCCc1nc(C(F)(F)F)c(CO)n1Cc1ccc(-c2ccccc2C2(C(c3ccccc3)(c3ccccc3)c3ccccc3)N=NN=N2)cc1. The predicted molar refractivity (Wildman–Crippen MR) is 193 cm³/mol. The van der Waals surface area contributed by atoms with Gasteiger partial charge in [-0.05, 0) is 50.2 Å². The number of unbranched alkanes of at least 4 members (excludes halogenated alkanes) is 1. The molecule has 1 aliphatic heterocycles. The quantitative estimate of drug-likeness (QED) is 0.129. The van der Waals surface area contributed by atoms with E-state index in [9.17, 15) is 18.3 Å². The summed E-state index contributed by atoms with van der Waals surface area (Å²) >= 11 is 0. The van der Waals surface area contributed by atoms with Gasteiger partial charge in [-0.1, -0.05) is 153 Å². The summed E-state index contributed by atoms with van der Waals surface area (Å²) in [6, 6.07) is 46.1. The molecule has 0 aliphatic carbocycles. The summed E-state index contributed by atoms with van der Waals surface area (Å²) in [5.74, 6) is 0.311. The number of aryl methyl sites for hydroxylation is 1. The number of hydrogen-bond acceptors (Lipinski definition) is 6. The Labute approximate surface area is 300 Å². The predicted octanol–water partition coefficient (Wildman–Crippen LogP) is 10.5. The van der Waals surface area contributed by atoms with Crippen LogP contribution in [-0.2, 0) is 36.8 Å². The number of halogens is 3. The number of imidazole rings is 1. The van der Waals surface area contributed by atoms with Crippen molar-refractivity contribution >= 4 is 0 Å². The molecule has 262 valence electrons. The van der Waals surface area contributed by atoms with E-state index < -0.39 is 29.6 Å². The smallest absolute Gasteiger partial charge is 0.390 e. The van der Waals surface area contributed by atoms with Crippen molar-refractivity contribution in [2.45, 2.75) is 56.6 Å². The molecule has 7 nitrogen and oxygen atoms in total.